The standard InChI is InChI=1S/C16H21N3O2/c1-12(2)10-19(11-15(18)20)16(21)14-8-4-3-6-13(14)7-5-9-17/h3-4,6,8,12H,9-11,17H2,1-2H3,(H2,18,20). The fourth-order valence-electron chi connectivity index (χ4n) is 1.94. The van der Waals surface area contributed by atoms with Crippen molar-refractivity contribution in [2.24, 2.45) is 17.4 Å². The van der Waals surface area contributed by atoms with Crippen LogP contribution in [-0.4, -0.2) is 36.3 Å². The molecule has 0 aromatic heterocycles. The van der Waals surface area contributed by atoms with Gasteiger partial charge in [-0.25, -0.2) is 0 Å². The zero-order chi connectivity index (χ0) is 15.8. The summed E-state index contributed by atoms with van der Waals surface area (Å²) in [4.78, 5) is 25.2. The molecule has 1 rings (SSSR count). The molecular weight excluding hydrogens is 266 g/mol. The number of benzene rings is 1. The van der Waals surface area contributed by atoms with E-state index < -0.39 is 5.91 Å². The molecule has 4 N–H and O–H groups in total. The number of hydrogen-bond donors (Lipinski definition) is 2. The van der Waals surface area contributed by atoms with Gasteiger partial charge in [-0.3, -0.25) is 9.59 Å². The van der Waals surface area contributed by atoms with Crippen molar-refractivity contribution >= 4 is 11.8 Å². The molecular formula is C16H21N3O2. The molecule has 2 amide bonds. The van der Waals surface area contributed by atoms with Gasteiger partial charge in [0.1, 0.15) is 0 Å². The first-order chi connectivity index (χ1) is 9.95. The summed E-state index contributed by atoms with van der Waals surface area (Å²) in [6, 6.07) is 7.02. The van der Waals surface area contributed by atoms with Gasteiger partial charge < -0.3 is 16.4 Å². The van der Waals surface area contributed by atoms with Gasteiger partial charge in [-0.05, 0) is 18.1 Å². The van der Waals surface area contributed by atoms with E-state index >= 15 is 0 Å². The fraction of sp³-hybridized carbons (Fsp3) is 0.375. The highest BCUT2D eigenvalue weighted by atomic mass is 16.2. The molecule has 0 atom stereocenters. The van der Waals surface area contributed by atoms with E-state index in [4.69, 9.17) is 11.5 Å². The Balaban J connectivity index is 3.11. The molecule has 0 unspecified atom stereocenters. The summed E-state index contributed by atoms with van der Waals surface area (Å²) in [5.41, 5.74) is 11.7. The van der Waals surface area contributed by atoms with E-state index in [-0.39, 0.29) is 24.9 Å². The molecule has 0 aliphatic carbocycles. The summed E-state index contributed by atoms with van der Waals surface area (Å²) in [5, 5.41) is 0. The van der Waals surface area contributed by atoms with Crippen LogP contribution >= 0.6 is 0 Å². The van der Waals surface area contributed by atoms with Crippen LogP contribution in [0.5, 0.6) is 0 Å². The lowest BCUT2D eigenvalue weighted by molar-refractivity contribution is -0.118. The first kappa shape index (κ1) is 16.7. The van der Waals surface area contributed by atoms with Crippen LogP contribution in [0.4, 0.5) is 0 Å². The molecule has 0 bridgehead atoms. The molecule has 1 aromatic rings. The number of carbonyl (C=O) groups excluding carboxylic acids is 2. The Hall–Kier alpha value is -2.32. The largest absolute Gasteiger partial charge is 0.368 e. The van der Waals surface area contributed by atoms with E-state index in [2.05, 4.69) is 11.8 Å². The zero-order valence-electron chi connectivity index (χ0n) is 12.4. The average Bonchev–Trinajstić information content (AvgIpc) is 2.43. The molecule has 5 nitrogen and oxygen atoms in total. The first-order valence-corrected chi connectivity index (χ1v) is 6.81. The zero-order valence-corrected chi connectivity index (χ0v) is 12.4. The minimum Gasteiger partial charge on any atom is -0.368 e. The predicted molar refractivity (Wildman–Crippen MR) is 82.3 cm³/mol. The highest BCUT2D eigenvalue weighted by Gasteiger charge is 2.20. The average molecular weight is 287 g/mol. The van der Waals surface area contributed by atoms with Crippen LogP contribution in [0.3, 0.4) is 0 Å². The smallest absolute Gasteiger partial charge is 0.255 e. The summed E-state index contributed by atoms with van der Waals surface area (Å²) in [7, 11) is 0. The van der Waals surface area contributed by atoms with E-state index in [9.17, 15) is 9.59 Å². The monoisotopic (exact) mass is 287 g/mol. The maximum Gasteiger partial charge on any atom is 0.255 e. The Morgan fingerprint density at radius 3 is 2.52 bits per heavy atom. The molecule has 112 valence electrons. The molecule has 0 aliphatic heterocycles. The molecule has 0 saturated heterocycles. The summed E-state index contributed by atoms with van der Waals surface area (Å²) in [5.74, 6) is 5.07. The van der Waals surface area contributed by atoms with Crippen molar-refractivity contribution < 1.29 is 9.59 Å². The predicted octanol–water partition coefficient (Wildman–Crippen LogP) is 0.580. The van der Waals surface area contributed by atoms with Crippen LogP contribution in [-0.2, 0) is 4.79 Å². The van der Waals surface area contributed by atoms with Crippen molar-refractivity contribution in [3.05, 3.63) is 35.4 Å². The summed E-state index contributed by atoms with van der Waals surface area (Å²) in [6.07, 6.45) is 0. The van der Waals surface area contributed by atoms with Crippen LogP contribution < -0.4 is 11.5 Å². The van der Waals surface area contributed by atoms with Crippen molar-refractivity contribution in [2.75, 3.05) is 19.6 Å². The SMILES string of the molecule is CC(C)CN(CC(N)=O)C(=O)c1ccccc1C#CCN. The fourth-order valence-corrected chi connectivity index (χ4v) is 1.94. The van der Waals surface area contributed by atoms with Gasteiger partial charge in [0.25, 0.3) is 5.91 Å². The topological polar surface area (TPSA) is 89.4 Å². The number of hydrogen-bond acceptors (Lipinski definition) is 3. The van der Waals surface area contributed by atoms with Crippen LogP contribution in [0.15, 0.2) is 24.3 Å². The Labute approximate surface area is 125 Å². The molecule has 5 heteroatoms. The van der Waals surface area contributed by atoms with Gasteiger partial charge in [-0.2, -0.15) is 0 Å². The number of primary amides is 1. The third-order valence-electron chi connectivity index (χ3n) is 2.70. The van der Waals surface area contributed by atoms with E-state index in [1.165, 1.54) is 4.90 Å². The molecule has 21 heavy (non-hydrogen) atoms. The molecule has 0 aliphatic rings. The van der Waals surface area contributed by atoms with Gasteiger partial charge >= 0.3 is 0 Å². The molecule has 0 heterocycles. The molecule has 0 fully saturated rings. The minimum atomic E-state index is -0.533. The van der Waals surface area contributed by atoms with E-state index in [1.807, 2.05) is 13.8 Å². The summed E-state index contributed by atoms with van der Waals surface area (Å²) >= 11 is 0. The highest BCUT2D eigenvalue weighted by molar-refractivity contribution is 5.98. The molecule has 0 saturated carbocycles. The van der Waals surface area contributed by atoms with E-state index in [0.29, 0.717) is 17.7 Å². The number of nitrogens with two attached hydrogens (primary N) is 2. The number of rotatable bonds is 5. The third kappa shape index (κ3) is 5.28. The Morgan fingerprint density at radius 2 is 1.95 bits per heavy atom. The van der Waals surface area contributed by atoms with Crippen molar-refractivity contribution in [2.45, 2.75) is 13.8 Å². The maximum atomic E-state index is 12.6. The normalized spacial score (nSPS) is 9.90. The lowest BCUT2D eigenvalue weighted by Gasteiger charge is -2.23. The molecule has 1 aromatic carbocycles. The van der Waals surface area contributed by atoms with Gasteiger partial charge in [-0.15, -0.1) is 0 Å². The molecule has 0 radical (unpaired) electrons. The van der Waals surface area contributed by atoms with Gasteiger partial charge in [0.15, 0.2) is 0 Å². The maximum absolute atomic E-state index is 12.6. The van der Waals surface area contributed by atoms with Gasteiger partial charge in [0.2, 0.25) is 5.91 Å². The second-order valence-electron chi connectivity index (χ2n) is 5.10. The second kappa shape index (κ2) is 8.08. The third-order valence-corrected chi connectivity index (χ3v) is 2.70. The number of carbonyl (C=O) groups is 2. The number of nitrogens with zero attached hydrogens (tertiary/aromatic N) is 1. The van der Waals surface area contributed by atoms with Crippen LogP contribution in [0, 0.1) is 17.8 Å². The van der Waals surface area contributed by atoms with E-state index in [1.54, 1.807) is 24.3 Å². The Morgan fingerprint density at radius 1 is 1.29 bits per heavy atom. The van der Waals surface area contributed by atoms with Crippen LogP contribution in [0.2, 0.25) is 0 Å². The number of amides is 2. The first-order valence-electron chi connectivity index (χ1n) is 6.81. The summed E-state index contributed by atoms with van der Waals surface area (Å²) in [6.45, 7) is 4.53. The van der Waals surface area contributed by atoms with Gasteiger partial charge in [0, 0.05) is 12.1 Å². The van der Waals surface area contributed by atoms with Crippen molar-refractivity contribution in [3.63, 3.8) is 0 Å². The van der Waals surface area contributed by atoms with Gasteiger partial charge in [0.05, 0.1) is 18.7 Å². The summed E-state index contributed by atoms with van der Waals surface area (Å²) < 4.78 is 0. The van der Waals surface area contributed by atoms with Gasteiger partial charge in [-0.1, -0.05) is 37.8 Å². The molecule has 0 spiro atoms. The quantitative estimate of drug-likeness (QED) is 0.776. The lowest BCUT2D eigenvalue weighted by Crippen LogP contribution is -2.40. The second-order valence-corrected chi connectivity index (χ2v) is 5.10. The minimum absolute atomic E-state index is 0.102. The van der Waals surface area contributed by atoms with Crippen molar-refractivity contribution in [1.82, 2.24) is 4.90 Å². The highest BCUT2D eigenvalue weighted by Crippen LogP contribution is 2.12. The lowest BCUT2D eigenvalue weighted by atomic mass is 10.1. The van der Waals surface area contributed by atoms with Crippen molar-refractivity contribution in [1.29, 1.82) is 0 Å². The Bertz CT molecular complexity index is 570. The van der Waals surface area contributed by atoms with Crippen molar-refractivity contribution in [3.8, 4) is 11.8 Å². The Kier molecular flexibility index (Phi) is 6.44. The van der Waals surface area contributed by atoms with Crippen LogP contribution in [0.1, 0.15) is 29.8 Å². The van der Waals surface area contributed by atoms with E-state index in [0.717, 1.165) is 0 Å². The van der Waals surface area contributed by atoms with Crippen LogP contribution in [0.25, 0.3) is 0 Å².